The van der Waals surface area contributed by atoms with Gasteiger partial charge in [-0.15, -0.1) is 12.4 Å². The molecule has 0 bridgehead atoms. The fourth-order valence-electron chi connectivity index (χ4n) is 1.37. The Kier molecular flexibility index (Phi) is 9.48. The first-order valence-electron chi connectivity index (χ1n) is 6.16. The quantitative estimate of drug-likeness (QED) is 0.674. The highest BCUT2D eigenvalue weighted by molar-refractivity contribution is 9.10. The second kappa shape index (κ2) is 9.92. The van der Waals surface area contributed by atoms with Crippen molar-refractivity contribution in [3.63, 3.8) is 0 Å². The summed E-state index contributed by atoms with van der Waals surface area (Å²) >= 11 is 3.31. The largest absolute Gasteiger partial charge is 0.494 e. The van der Waals surface area contributed by atoms with Crippen LogP contribution in [0.15, 0.2) is 28.7 Å². The van der Waals surface area contributed by atoms with Crippen molar-refractivity contribution in [3.8, 4) is 5.75 Å². The molecule has 0 aromatic heterocycles. The SMILES string of the molecule is Cl.NCC(F)(F)CNC(=O)CCCOc1cccc(Br)c1. The predicted molar refractivity (Wildman–Crippen MR) is 83.1 cm³/mol. The van der Waals surface area contributed by atoms with Crippen LogP contribution in [-0.2, 0) is 4.79 Å². The molecule has 0 saturated heterocycles. The standard InChI is InChI=1S/C13H17BrF2N2O2.ClH/c14-10-3-1-4-11(7-10)20-6-2-5-12(19)18-9-13(15,16)8-17;/h1,3-4,7H,2,5-6,8-9,17H2,(H,18,19);1H. The molecule has 0 aliphatic heterocycles. The highest BCUT2D eigenvalue weighted by Crippen LogP contribution is 2.17. The molecule has 0 radical (unpaired) electrons. The summed E-state index contributed by atoms with van der Waals surface area (Å²) in [6.07, 6.45) is 0.585. The number of rotatable bonds is 8. The van der Waals surface area contributed by atoms with Gasteiger partial charge in [-0.05, 0) is 24.6 Å². The lowest BCUT2D eigenvalue weighted by molar-refractivity contribution is -0.123. The molecule has 120 valence electrons. The van der Waals surface area contributed by atoms with Gasteiger partial charge in [0.05, 0.1) is 19.7 Å². The molecule has 8 heteroatoms. The van der Waals surface area contributed by atoms with Gasteiger partial charge in [-0.25, -0.2) is 8.78 Å². The Labute approximate surface area is 137 Å². The fraction of sp³-hybridized carbons (Fsp3) is 0.462. The van der Waals surface area contributed by atoms with E-state index in [-0.39, 0.29) is 18.8 Å². The van der Waals surface area contributed by atoms with Crippen molar-refractivity contribution < 1.29 is 18.3 Å². The van der Waals surface area contributed by atoms with E-state index in [0.717, 1.165) is 4.47 Å². The van der Waals surface area contributed by atoms with E-state index in [1.54, 1.807) is 6.07 Å². The van der Waals surface area contributed by atoms with E-state index < -0.39 is 24.9 Å². The van der Waals surface area contributed by atoms with Crippen LogP contribution in [0.3, 0.4) is 0 Å². The van der Waals surface area contributed by atoms with Crippen LogP contribution in [-0.4, -0.2) is 31.5 Å². The first kappa shape index (κ1) is 20.1. The Morgan fingerprint density at radius 2 is 2.14 bits per heavy atom. The molecule has 0 unspecified atom stereocenters. The zero-order valence-corrected chi connectivity index (χ0v) is 13.7. The first-order chi connectivity index (χ1) is 9.43. The molecule has 1 amide bonds. The third-order valence-corrected chi connectivity index (χ3v) is 2.95. The molecular formula is C13H18BrClF2N2O2. The smallest absolute Gasteiger partial charge is 0.277 e. The molecule has 0 atom stereocenters. The second-order valence-electron chi connectivity index (χ2n) is 4.25. The summed E-state index contributed by atoms with van der Waals surface area (Å²) in [6, 6.07) is 7.31. The Morgan fingerprint density at radius 3 is 2.76 bits per heavy atom. The number of ether oxygens (including phenoxy) is 1. The number of halogens is 4. The lowest BCUT2D eigenvalue weighted by atomic mass is 10.3. The normalized spacial score (nSPS) is 10.7. The van der Waals surface area contributed by atoms with Crippen molar-refractivity contribution in [2.45, 2.75) is 18.8 Å². The minimum absolute atomic E-state index is 0. The molecule has 0 aliphatic carbocycles. The fourth-order valence-corrected chi connectivity index (χ4v) is 1.75. The molecule has 0 aliphatic rings. The van der Waals surface area contributed by atoms with Crippen LogP contribution < -0.4 is 15.8 Å². The van der Waals surface area contributed by atoms with E-state index in [9.17, 15) is 13.6 Å². The molecule has 0 spiro atoms. The van der Waals surface area contributed by atoms with Gasteiger partial charge in [0.1, 0.15) is 5.75 Å². The van der Waals surface area contributed by atoms with Gasteiger partial charge >= 0.3 is 0 Å². The van der Waals surface area contributed by atoms with E-state index in [0.29, 0.717) is 18.8 Å². The average molecular weight is 388 g/mol. The Bertz CT molecular complexity index is 450. The lowest BCUT2D eigenvalue weighted by Crippen LogP contribution is -2.41. The van der Waals surface area contributed by atoms with Crippen molar-refractivity contribution >= 4 is 34.2 Å². The maximum atomic E-state index is 12.8. The Morgan fingerprint density at radius 1 is 1.43 bits per heavy atom. The average Bonchev–Trinajstić information content (AvgIpc) is 2.42. The van der Waals surface area contributed by atoms with E-state index in [1.807, 2.05) is 18.2 Å². The first-order valence-corrected chi connectivity index (χ1v) is 6.95. The van der Waals surface area contributed by atoms with Gasteiger partial charge in [0, 0.05) is 10.9 Å². The number of nitrogens with two attached hydrogens (primary N) is 1. The van der Waals surface area contributed by atoms with Crippen LogP contribution in [0.4, 0.5) is 8.78 Å². The van der Waals surface area contributed by atoms with E-state index in [4.69, 9.17) is 10.5 Å². The number of carbonyl (C=O) groups is 1. The molecule has 1 rings (SSSR count). The van der Waals surface area contributed by atoms with E-state index in [2.05, 4.69) is 21.2 Å². The summed E-state index contributed by atoms with van der Waals surface area (Å²) in [4.78, 5) is 11.3. The maximum absolute atomic E-state index is 12.8. The third kappa shape index (κ3) is 8.85. The van der Waals surface area contributed by atoms with Crippen molar-refractivity contribution in [2.24, 2.45) is 5.73 Å². The lowest BCUT2D eigenvalue weighted by Gasteiger charge is -2.14. The number of alkyl halides is 2. The van der Waals surface area contributed by atoms with Gasteiger partial charge in [0.2, 0.25) is 5.91 Å². The van der Waals surface area contributed by atoms with Gasteiger partial charge in [-0.2, -0.15) is 0 Å². The summed E-state index contributed by atoms with van der Waals surface area (Å²) in [6.45, 7) is -1.16. The monoisotopic (exact) mass is 386 g/mol. The van der Waals surface area contributed by atoms with Crippen LogP contribution in [0.5, 0.6) is 5.75 Å². The van der Waals surface area contributed by atoms with Crippen molar-refractivity contribution in [1.29, 1.82) is 0 Å². The number of nitrogens with one attached hydrogen (secondary N) is 1. The topological polar surface area (TPSA) is 64.3 Å². The minimum atomic E-state index is -3.05. The highest BCUT2D eigenvalue weighted by atomic mass is 79.9. The van der Waals surface area contributed by atoms with Gasteiger partial charge in [-0.3, -0.25) is 4.79 Å². The second-order valence-corrected chi connectivity index (χ2v) is 5.16. The maximum Gasteiger partial charge on any atom is 0.277 e. The molecule has 3 N–H and O–H groups in total. The van der Waals surface area contributed by atoms with Crippen molar-refractivity contribution in [3.05, 3.63) is 28.7 Å². The number of amides is 1. The number of carbonyl (C=O) groups excluding carboxylic acids is 1. The summed E-state index contributed by atoms with van der Waals surface area (Å²) in [5.74, 6) is -2.80. The van der Waals surface area contributed by atoms with Gasteiger partial charge in [-0.1, -0.05) is 22.0 Å². The van der Waals surface area contributed by atoms with E-state index >= 15 is 0 Å². The molecule has 0 fully saturated rings. The van der Waals surface area contributed by atoms with Crippen LogP contribution in [0, 0.1) is 0 Å². The Balaban J connectivity index is 0.00000400. The molecule has 0 heterocycles. The third-order valence-electron chi connectivity index (χ3n) is 2.46. The zero-order chi connectivity index (χ0) is 15.0. The number of benzene rings is 1. The summed E-state index contributed by atoms with van der Waals surface area (Å²) in [7, 11) is 0. The molecule has 21 heavy (non-hydrogen) atoms. The van der Waals surface area contributed by atoms with Gasteiger partial charge in [0.15, 0.2) is 0 Å². The summed E-state index contributed by atoms with van der Waals surface area (Å²) < 4.78 is 31.9. The Hall–Kier alpha value is -0.920. The van der Waals surface area contributed by atoms with Gasteiger partial charge in [0.25, 0.3) is 5.92 Å². The zero-order valence-electron chi connectivity index (χ0n) is 11.3. The van der Waals surface area contributed by atoms with E-state index in [1.165, 1.54) is 0 Å². The number of hydrogen-bond donors (Lipinski definition) is 2. The molecular weight excluding hydrogens is 370 g/mol. The van der Waals surface area contributed by atoms with Crippen molar-refractivity contribution in [1.82, 2.24) is 5.32 Å². The van der Waals surface area contributed by atoms with Crippen LogP contribution in [0.1, 0.15) is 12.8 Å². The van der Waals surface area contributed by atoms with Crippen LogP contribution in [0.25, 0.3) is 0 Å². The van der Waals surface area contributed by atoms with Crippen molar-refractivity contribution in [2.75, 3.05) is 19.7 Å². The van der Waals surface area contributed by atoms with Crippen LogP contribution in [0.2, 0.25) is 0 Å². The molecule has 1 aromatic carbocycles. The molecule has 1 aromatic rings. The minimum Gasteiger partial charge on any atom is -0.494 e. The van der Waals surface area contributed by atoms with Crippen LogP contribution >= 0.6 is 28.3 Å². The number of hydrogen-bond acceptors (Lipinski definition) is 3. The molecule has 0 saturated carbocycles. The van der Waals surface area contributed by atoms with Gasteiger partial charge < -0.3 is 15.8 Å². The predicted octanol–water partition coefficient (Wildman–Crippen LogP) is 2.74. The highest BCUT2D eigenvalue weighted by Gasteiger charge is 2.26. The summed E-state index contributed by atoms with van der Waals surface area (Å²) in [5, 5.41) is 2.15. The molecule has 4 nitrogen and oxygen atoms in total. The summed E-state index contributed by atoms with van der Waals surface area (Å²) in [5.41, 5.74) is 4.87.